The van der Waals surface area contributed by atoms with Gasteiger partial charge in [-0.2, -0.15) is 0 Å². The van der Waals surface area contributed by atoms with Crippen molar-refractivity contribution in [2.24, 2.45) is 5.92 Å². The molecule has 1 aliphatic rings. The molecule has 0 saturated heterocycles. The van der Waals surface area contributed by atoms with E-state index in [9.17, 15) is 4.79 Å². The Morgan fingerprint density at radius 1 is 1.32 bits per heavy atom. The van der Waals surface area contributed by atoms with Crippen molar-refractivity contribution in [2.45, 2.75) is 39.0 Å². The maximum atomic E-state index is 12.2. The number of hydrogen-bond donors (Lipinski definition) is 1. The molecule has 1 aliphatic carbocycles. The fraction of sp³-hybridized carbons (Fsp3) is 0.474. The van der Waals surface area contributed by atoms with Crippen LogP contribution in [-0.4, -0.2) is 25.1 Å². The first-order chi connectivity index (χ1) is 12.1. The van der Waals surface area contributed by atoms with E-state index in [2.05, 4.69) is 17.2 Å². The molecule has 6 heteroatoms. The minimum atomic E-state index is -0.00562. The number of thiazole rings is 1. The summed E-state index contributed by atoms with van der Waals surface area (Å²) in [6, 6.07) is 5.73. The Hall–Kier alpha value is -2.08. The quantitative estimate of drug-likeness (QED) is 0.850. The number of benzene rings is 1. The predicted octanol–water partition coefficient (Wildman–Crippen LogP) is 3.86. The van der Waals surface area contributed by atoms with E-state index in [4.69, 9.17) is 9.47 Å². The number of rotatable bonds is 6. The molecule has 0 fully saturated rings. The Kier molecular flexibility index (Phi) is 5.58. The molecule has 0 aliphatic heterocycles. The Labute approximate surface area is 152 Å². The summed E-state index contributed by atoms with van der Waals surface area (Å²) >= 11 is 1.62. The first kappa shape index (κ1) is 17.7. The van der Waals surface area contributed by atoms with Crippen molar-refractivity contribution in [1.29, 1.82) is 0 Å². The third kappa shape index (κ3) is 4.31. The van der Waals surface area contributed by atoms with Gasteiger partial charge in [0.25, 0.3) is 0 Å². The second kappa shape index (κ2) is 7.87. The second-order valence-electron chi connectivity index (χ2n) is 6.47. The maximum absolute atomic E-state index is 12.2. The number of fused-ring (bicyclic) bond motifs is 1. The molecule has 2 aromatic rings. The molecule has 0 bridgehead atoms. The average molecular weight is 360 g/mol. The summed E-state index contributed by atoms with van der Waals surface area (Å²) in [5.74, 6) is 2.08. The number of nitrogens with zero attached hydrogens (tertiary/aromatic N) is 1. The molecule has 1 aromatic heterocycles. The van der Waals surface area contributed by atoms with Gasteiger partial charge in [-0.15, -0.1) is 11.3 Å². The van der Waals surface area contributed by atoms with Crippen LogP contribution in [0, 0.1) is 5.92 Å². The zero-order valence-electron chi connectivity index (χ0n) is 14.9. The number of hydrogen-bond acceptors (Lipinski definition) is 5. The van der Waals surface area contributed by atoms with Gasteiger partial charge in [-0.3, -0.25) is 4.79 Å². The van der Waals surface area contributed by atoms with Crippen LogP contribution in [0.25, 0.3) is 0 Å². The lowest BCUT2D eigenvalue weighted by molar-refractivity contribution is -0.116. The maximum Gasteiger partial charge on any atom is 0.226 e. The van der Waals surface area contributed by atoms with Crippen molar-refractivity contribution in [3.63, 3.8) is 0 Å². The number of carbonyl (C=O) groups is 1. The van der Waals surface area contributed by atoms with Crippen molar-refractivity contribution in [1.82, 2.24) is 4.98 Å². The van der Waals surface area contributed by atoms with E-state index < -0.39 is 0 Å². The monoisotopic (exact) mass is 360 g/mol. The van der Waals surface area contributed by atoms with Crippen molar-refractivity contribution in [3.8, 4) is 11.5 Å². The molecule has 1 aromatic carbocycles. The summed E-state index contributed by atoms with van der Waals surface area (Å²) < 4.78 is 10.5. The van der Waals surface area contributed by atoms with Gasteiger partial charge in [0, 0.05) is 11.3 Å². The SMILES string of the molecule is COc1ccc(CCC(=O)Nc2nc3c(s2)CC(C)CC3)cc1OC. The fourth-order valence-electron chi connectivity index (χ4n) is 3.07. The highest BCUT2D eigenvalue weighted by Crippen LogP contribution is 2.32. The summed E-state index contributed by atoms with van der Waals surface area (Å²) in [7, 11) is 3.22. The number of aryl methyl sites for hydroxylation is 2. The van der Waals surface area contributed by atoms with Gasteiger partial charge in [0.1, 0.15) is 0 Å². The van der Waals surface area contributed by atoms with Gasteiger partial charge >= 0.3 is 0 Å². The largest absolute Gasteiger partial charge is 0.493 e. The van der Waals surface area contributed by atoms with Crippen LogP contribution in [0.15, 0.2) is 18.2 Å². The second-order valence-corrected chi connectivity index (χ2v) is 7.56. The number of anilines is 1. The zero-order valence-corrected chi connectivity index (χ0v) is 15.7. The molecular formula is C19H24N2O3S. The Bertz CT molecular complexity index is 757. The predicted molar refractivity (Wildman–Crippen MR) is 99.8 cm³/mol. The molecule has 5 nitrogen and oxygen atoms in total. The molecule has 0 saturated carbocycles. The van der Waals surface area contributed by atoms with E-state index in [1.54, 1.807) is 25.6 Å². The van der Waals surface area contributed by atoms with Crippen molar-refractivity contribution in [2.75, 3.05) is 19.5 Å². The van der Waals surface area contributed by atoms with Crippen LogP contribution in [0.3, 0.4) is 0 Å². The minimum Gasteiger partial charge on any atom is -0.493 e. The zero-order chi connectivity index (χ0) is 17.8. The van der Waals surface area contributed by atoms with Gasteiger partial charge in [-0.1, -0.05) is 13.0 Å². The van der Waals surface area contributed by atoms with E-state index in [0.29, 0.717) is 30.3 Å². The number of methoxy groups -OCH3 is 2. The van der Waals surface area contributed by atoms with Crippen LogP contribution in [0.1, 0.15) is 35.9 Å². The molecule has 25 heavy (non-hydrogen) atoms. The van der Waals surface area contributed by atoms with Gasteiger partial charge in [0.15, 0.2) is 16.6 Å². The van der Waals surface area contributed by atoms with Crippen LogP contribution in [0.4, 0.5) is 5.13 Å². The minimum absolute atomic E-state index is 0.00562. The van der Waals surface area contributed by atoms with Gasteiger partial charge in [0.05, 0.1) is 19.9 Å². The Morgan fingerprint density at radius 3 is 2.88 bits per heavy atom. The summed E-state index contributed by atoms with van der Waals surface area (Å²) in [6.45, 7) is 2.27. The molecule has 1 unspecified atom stereocenters. The topological polar surface area (TPSA) is 60.5 Å². The molecule has 0 spiro atoms. The normalized spacial score (nSPS) is 16.2. The highest BCUT2D eigenvalue weighted by Gasteiger charge is 2.20. The third-order valence-electron chi connectivity index (χ3n) is 4.52. The number of nitrogens with one attached hydrogen (secondary N) is 1. The molecule has 1 atom stereocenters. The summed E-state index contributed by atoms with van der Waals surface area (Å²) in [5, 5.41) is 3.68. The molecule has 3 rings (SSSR count). The smallest absolute Gasteiger partial charge is 0.226 e. The van der Waals surface area contributed by atoms with Crippen LogP contribution in [0.2, 0.25) is 0 Å². The van der Waals surface area contributed by atoms with Crippen molar-refractivity contribution < 1.29 is 14.3 Å². The lowest BCUT2D eigenvalue weighted by atomic mass is 9.93. The van der Waals surface area contributed by atoms with E-state index in [1.165, 1.54) is 17.0 Å². The van der Waals surface area contributed by atoms with Crippen LogP contribution in [-0.2, 0) is 24.1 Å². The first-order valence-electron chi connectivity index (χ1n) is 8.58. The third-order valence-corrected chi connectivity index (χ3v) is 5.56. The van der Waals surface area contributed by atoms with E-state index in [1.807, 2.05) is 18.2 Å². The number of aromatic nitrogens is 1. The molecular weight excluding hydrogens is 336 g/mol. The highest BCUT2D eigenvalue weighted by molar-refractivity contribution is 7.15. The highest BCUT2D eigenvalue weighted by atomic mass is 32.1. The van der Waals surface area contributed by atoms with E-state index >= 15 is 0 Å². The molecule has 0 radical (unpaired) electrons. The lowest BCUT2D eigenvalue weighted by Gasteiger charge is -2.15. The fourth-order valence-corrected chi connectivity index (χ4v) is 4.26. The standard InChI is InChI=1S/C19H24N2O3S/c1-12-4-7-14-17(10-12)25-19(20-14)21-18(22)9-6-13-5-8-15(23-2)16(11-13)24-3/h5,8,11-12H,4,6-7,9-10H2,1-3H3,(H,20,21,22). The van der Waals surface area contributed by atoms with E-state index in [0.717, 1.165) is 23.5 Å². The number of amides is 1. The summed E-state index contributed by atoms with van der Waals surface area (Å²) in [6.07, 6.45) is 4.34. The Morgan fingerprint density at radius 2 is 2.12 bits per heavy atom. The van der Waals surface area contributed by atoms with Crippen LogP contribution >= 0.6 is 11.3 Å². The molecule has 1 N–H and O–H groups in total. The lowest BCUT2D eigenvalue weighted by Crippen LogP contribution is -2.12. The van der Waals surface area contributed by atoms with E-state index in [-0.39, 0.29) is 5.91 Å². The number of carbonyl (C=O) groups excluding carboxylic acids is 1. The van der Waals surface area contributed by atoms with Gasteiger partial charge in [-0.25, -0.2) is 4.98 Å². The molecule has 1 amide bonds. The summed E-state index contributed by atoms with van der Waals surface area (Å²) in [5.41, 5.74) is 2.21. The van der Waals surface area contributed by atoms with Crippen molar-refractivity contribution in [3.05, 3.63) is 34.3 Å². The first-order valence-corrected chi connectivity index (χ1v) is 9.40. The number of ether oxygens (including phenoxy) is 2. The van der Waals surface area contributed by atoms with Gasteiger partial charge < -0.3 is 14.8 Å². The molecule has 134 valence electrons. The molecule has 1 heterocycles. The van der Waals surface area contributed by atoms with Crippen molar-refractivity contribution >= 4 is 22.4 Å². The summed E-state index contributed by atoms with van der Waals surface area (Å²) in [4.78, 5) is 18.1. The Balaban J connectivity index is 1.56. The average Bonchev–Trinajstić information content (AvgIpc) is 3.00. The van der Waals surface area contributed by atoms with Crippen LogP contribution in [0.5, 0.6) is 11.5 Å². The van der Waals surface area contributed by atoms with Crippen LogP contribution < -0.4 is 14.8 Å². The van der Waals surface area contributed by atoms with Gasteiger partial charge in [0.2, 0.25) is 5.91 Å². The van der Waals surface area contributed by atoms with Gasteiger partial charge in [-0.05, 0) is 49.3 Å².